The van der Waals surface area contributed by atoms with Crippen molar-refractivity contribution in [2.45, 2.75) is 0 Å². The summed E-state index contributed by atoms with van der Waals surface area (Å²) < 4.78 is 0. The number of halogens is 1. The molecule has 22 heavy (non-hydrogen) atoms. The van der Waals surface area contributed by atoms with Gasteiger partial charge in [-0.25, -0.2) is 4.98 Å². The van der Waals surface area contributed by atoms with E-state index in [0.29, 0.717) is 10.8 Å². The van der Waals surface area contributed by atoms with Crippen LogP contribution in [0.25, 0.3) is 33.1 Å². The molecule has 3 aromatic heterocycles. The molecule has 1 N–H and O–H groups in total. The highest BCUT2D eigenvalue weighted by molar-refractivity contribution is 6.32. The van der Waals surface area contributed by atoms with E-state index >= 15 is 0 Å². The Morgan fingerprint density at radius 2 is 1.91 bits per heavy atom. The smallest absolute Gasteiger partial charge is 0.249 e. The lowest BCUT2D eigenvalue weighted by molar-refractivity contribution is 1.23. The standard InChI is InChI=1S/C17H10ClN3O/c18-16-13(9-12-4-6-15(22)20-17(12)21-16)10-3-5-14-11(8-10)2-1-7-19-14/h1-9H,(H,20,21,22). The highest BCUT2D eigenvalue weighted by Gasteiger charge is 2.09. The molecule has 0 amide bonds. The van der Waals surface area contributed by atoms with E-state index < -0.39 is 0 Å². The number of hydrogen-bond donors (Lipinski definition) is 1. The Morgan fingerprint density at radius 1 is 1.00 bits per heavy atom. The molecule has 106 valence electrons. The second-order valence-corrected chi connectivity index (χ2v) is 5.36. The normalized spacial score (nSPS) is 11.1. The van der Waals surface area contributed by atoms with E-state index in [9.17, 15) is 4.79 Å². The van der Waals surface area contributed by atoms with Crippen molar-refractivity contribution in [1.29, 1.82) is 0 Å². The van der Waals surface area contributed by atoms with E-state index in [-0.39, 0.29) is 5.56 Å². The predicted molar refractivity (Wildman–Crippen MR) is 88.1 cm³/mol. The predicted octanol–water partition coefficient (Wildman–Crippen LogP) is 3.79. The molecular weight excluding hydrogens is 298 g/mol. The zero-order chi connectivity index (χ0) is 15.1. The molecule has 0 aliphatic heterocycles. The fourth-order valence-electron chi connectivity index (χ4n) is 2.50. The van der Waals surface area contributed by atoms with Gasteiger partial charge in [0.25, 0.3) is 0 Å². The summed E-state index contributed by atoms with van der Waals surface area (Å²) in [6.07, 6.45) is 1.77. The van der Waals surface area contributed by atoms with Crippen molar-refractivity contribution < 1.29 is 0 Å². The molecule has 0 radical (unpaired) electrons. The van der Waals surface area contributed by atoms with Gasteiger partial charge in [-0.3, -0.25) is 9.78 Å². The van der Waals surface area contributed by atoms with Crippen molar-refractivity contribution >= 4 is 33.5 Å². The first-order valence-corrected chi connectivity index (χ1v) is 7.13. The lowest BCUT2D eigenvalue weighted by Crippen LogP contribution is -2.03. The van der Waals surface area contributed by atoms with Gasteiger partial charge in [0.1, 0.15) is 10.8 Å². The van der Waals surface area contributed by atoms with Gasteiger partial charge in [-0.15, -0.1) is 0 Å². The van der Waals surface area contributed by atoms with Crippen molar-refractivity contribution in [3.8, 4) is 11.1 Å². The first-order chi connectivity index (χ1) is 10.7. The average Bonchev–Trinajstić information content (AvgIpc) is 2.53. The SMILES string of the molecule is O=c1ccc2cc(-c3ccc4ncccc4c3)c(Cl)nc2[nH]1. The van der Waals surface area contributed by atoms with Crippen LogP contribution >= 0.6 is 11.6 Å². The highest BCUT2D eigenvalue weighted by atomic mass is 35.5. The molecule has 1 aromatic carbocycles. The van der Waals surface area contributed by atoms with Crippen LogP contribution in [0.3, 0.4) is 0 Å². The van der Waals surface area contributed by atoms with Gasteiger partial charge in [0.05, 0.1) is 5.52 Å². The minimum atomic E-state index is -0.194. The zero-order valence-electron chi connectivity index (χ0n) is 11.4. The third-order valence-electron chi connectivity index (χ3n) is 3.58. The van der Waals surface area contributed by atoms with E-state index in [4.69, 9.17) is 11.6 Å². The molecule has 0 saturated carbocycles. The third kappa shape index (κ3) is 2.14. The molecule has 4 rings (SSSR count). The summed E-state index contributed by atoms with van der Waals surface area (Å²) in [5, 5.41) is 2.24. The van der Waals surface area contributed by atoms with Crippen LogP contribution in [0.15, 0.2) is 59.5 Å². The highest BCUT2D eigenvalue weighted by Crippen LogP contribution is 2.30. The number of fused-ring (bicyclic) bond motifs is 2. The van der Waals surface area contributed by atoms with Crippen molar-refractivity contribution in [3.63, 3.8) is 0 Å². The Kier molecular flexibility index (Phi) is 2.91. The number of benzene rings is 1. The molecule has 4 nitrogen and oxygen atoms in total. The number of aromatic amines is 1. The summed E-state index contributed by atoms with van der Waals surface area (Å²) in [5.74, 6) is 0. The summed E-state index contributed by atoms with van der Waals surface area (Å²) in [4.78, 5) is 22.6. The molecule has 0 bridgehead atoms. The summed E-state index contributed by atoms with van der Waals surface area (Å²) in [6.45, 7) is 0. The van der Waals surface area contributed by atoms with E-state index in [0.717, 1.165) is 27.4 Å². The van der Waals surface area contributed by atoms with Crippen LogP contribution in [0.5, 0.6) is 0 Å². The number of aromatic nitrogens is 3. The molecule has 0 fully saturated rings. The molecule has 0 aliphatic carbocycles. The van der Waals surface area contributed by atoms with Gasteiger partial charge in [-0.05, 0) is 35.9 Å². The molecule has 3 heterocycles. The van der Waals surface area contributed by atoms with Crippen LogP contribution in [0.2, 0.25) is 5.15 Å². The molecule has 5 heteroatoms. The number of nitrogens with zero attached hydrogens (tertiary/aromatic N) is 2. The van der Waals surface area contributed by atoms with Crippen LogP contribution < -0.4 is 5.56 Å². The topological polar surface area (TPSA) is 58.6 Å². The van der Waals surface area contributed by atoms with Gasteiger partial charge >= 0.3 is 0 Å². The Balaban J connectivity index is 1.96. The van der Waals surface area contributed by atoms with Gasteiger partial charge in [0.2, 0.25) is 5.56 Å². The maximum Gasteiger partial charge on any atom is 0.249 e. The Morgan fingerprint density at radius 3 is 2.82 bits per heavy atom. The molecule has 0 saturated heterocycles. The van der Waals surface area contributed by atoms with Crippen LogP contribution in [0.1, 0.15) is 0 Å². The van der Waals surface area contributed by atoms with E-state index in [1.165, 1.54) is 6.07 Å². The molecule has 4 aromatic rings. The van der Waals surface area contributed by atoms with Gasteiger partial charge < -0.3 is 4.98 Å². The summed E-state index contributed by atoms with van der Waals surface area (Å²) in [7, 11) is 0. The van der Waals surface area contributed by atoms with Gasteiger partial charge in [0.15, 0.2) is 0 Å². The fourth-order valence-corrected chi connectivity index (χ4v) is 2.75. The molecule has 0 atom stereocenters. The number of nitrogens with one attached hydrogen (secondary N) is 1. The Labute approximate surface area is 130 Å². The quantitative estimate of drug-likeness (QED) is 0.544. The monoisotopic (exact) mass is 307 g/mol. The number of pyridine rings is 3. The van der Waals surface area contributed by atoms with Crippen molar-refractivity contribution in [1.82, 2.24) is 15.0 Å². The fraction of sp³-hybridized carbons (Fsp3) is 0. The first kappa shape index (κ1) is 13.0. The lowest BCUT2D eigenvalue weighted by Gasteiger charge is -2.07. The molecule has 0 unspecified atom stereocenters. The molecule has 0 spiro atoms. The van der Waals surface area contributed by atoms with E-state index in [1.807, 2.05) is 36.4 Å². The second-order valence-electron chi connectivity index (χ2n) is 5.00. The lowest BCUT2D eigenvalue weighted by atomic mass is 10.0. The van der Waals surface area contributed by atoms with Crippen molar-refractivity contribution in [3.05, 3.63) is 70.2 Å². The first-order valence-electron chi connectivity index (χ1n) is 6.75. The van der Waals surface area contributed by atoms with Crippen molar-refractivity contribution in [2.24, 2.45) is 0 Å². The number of H-pyrrole nitrogens is 1. The maximum absolute atomic E-state index is 11.4. The van der Waals surface area contributed by atoms with Crippen LogP contribution in [-0.4, -0.2) is 15.0 Å². The maximum atomic E-state index is 11.4. The minimum Gasteiger partial charge on any atom is -0.307 e. The summed E-state index contributed by atoms with van der Waals surface area (Å²) in [6, 6.07) is 15.0. The van der Waals surface area contributed by atoms with E-state index in [1.54, 1.807) is 12.3 Å². The van der Waals surface area contributed by atoms with Crippen LogP contribution in [0, 0.1) is 0 Å². The van der Waals surface area contributed by atoms with Gasteiger partial charge in [0, 0.05) is 28.6 Å². The van der Waals surface area contributed by atoms with Gasteiger partial charge in [-0.2, -0.15) is 0 Å². The third-order valence-corrected chi connectivity index (χ3v) is 3.86. The number of hydrogen-bond acceptors (Lipinski definition) is 3. The van der Waals surface area contributed by atoms with Gasteiger partial charge in [-0.1, -0.05) is 23.7 Å². The number of rotatable bonds is 1. The van der Waals surface area contributed by atoms with Crippen LogP contribution in [0.4, 0.5) is 0 Å². The molecular formula is C17H10ClN3O. The Hall–Kier alpha value is -2.72. The summed E-state index contributed by atoms with van der Waals surface area (Å²) >= 11 is 6.29. The zero-order valence-corrected chi connectivity index (χ0v) is 12.1. The minimum absolute atomic E-state index is 0.194. The van der Waals surface area contributed by atoms with E-state index in [2.05, 4.69) is 15.0 Å². The summed E-state index contributed by atoms with van der Waals surface area (Å²) in [5.41, 5.74) is 3.02. The molecule has 0 aliphatic rings. The van der Waals surface area contributed by atoms with Crippen molar-refractivity contribution in [2.75, 3.05) is 0 Å². The largest absolute Gasteiger partial charge is 0.307 e. The second kappa shape index (κ2) is 4.93. The Bertz CT molecular complexity index is 1070. The van der Waals surface area contributed by atoms with Crippen LogP contribution in [-0.2, 0) is 0 Å². The average molecular weight is 308 g/mol.